The number of aromatic hydroxyl groups is 1. The third kappa shape index (κ3) is 1.63. The number of phenolic OH excluding ortho intramolecular Hbond substituents is 1. The summed E-state index contributed by atoms with van der Waals surface area (Å²) in [5, 5.41) is 9.29. The first-order chi connectivity index (χ1) is 6.77. The SMILES string of the molecule is NC(c1cccc(O)c1)c1ccc[nH]1. The van der Waals surface area contributed by atoms with Crippen molar-refractivity contribution in [1.29, 1.82) is 0 Å². The van der Waals surface area contributed by atoms with Gasteiger partial charge in [-0.15, -0.1) is 0 Å². The number of benzene rings is 1. The van der Waals surface area contributed by atoms with Crippen LogP contribution in [0.2, 0.25) is 0 Å². The van der Waals surface area contributed by atoms with Crippen molar-refractivity contribution >= 4 is 0 Å². The van der Waals surface area contributed by atoms with E-state index in [0.29, 0.717) is 0 Å². The van der Waals surface area contributed by atoms with Crippen molar-refractivity contribution in [2.45, 2.75) is 6.04 Å². The molecule has 2 rings (SSSR count). The molecule has 0 aliphatic heterocycles. The van der Waals surface area contributed by atoms with E-state index in [1.807, 2.05) is 24.4 Å². The lowest BCUT2D eigenvalue weighted by Crippen LogP contribution is -2.11. The molecule has 0 aliphatic carbocycles. The number of aromatic amines is 1. The molecule has 1 aromatic heterocycles. The Balaban J connectivity index is 2.32. The van der Waals surface area contributed by atoms with E-state index in [4.69, 9.17) is 5.73 Å². The molecule has 0 amide bonds. The molecule has 1 aromatic carbocycles. The third-order valence-corrected chi connectivity index (χ3v) is 2.19. The Labute approximate surface area is 82.2 Å². The lowest BCUT2D eigenvalue weighted by Gasteiger charge is -2.10. The second-order valence-corrected chi connectivity index (χ2v) is 3.20. The number of hydrogen-bond donors (Lipinski definition) is 3. The zero-order valence-corrected chi connectivity index (χ0v) is 7.64. The van der Waals surface area contributed by atoms with Gasteiger partial charge in [0, 0.05) is 11.9 Å². The van der Waals surface area contributed by atoms with E-state index in [2.05, 4.69) is 4.98 Å². The maximum Gasteiger partial charge on any atom is 0.115 e. The second-order valence-electron chi connectivity index (χ2n) is 3.20. The first-order valence-corrected chi connectivity index (χ1v) is 4.45. The van der Waals surface area contributed by atoms with E-state index in [9.17, 15) is 5.11 Å². The van der Waals surface area contributed by atoms with E-state index >= 15 is 0 Å². The van der Waals surface area contributed by atoms with Gasteiger partial charge in [-0.3, -0.25) is 0 Å². The van der Waals surface area contributed by atoms with Gasteiger partial charge in [-0.25, -0.2) is 0 Å². The van der Waals surface area contributed by atoms with Crippen molar-refractivity contribution < 1.29 is 5.11 Å². The Morgan fingerprint density at radius 2 is 2.07 bits per heavy atom. The van der Waals surface area contributed by atoms with E-state index in [1.54, 1.807) is 18.2 Å². The molecule has 3 nitrogen and oxygen atoms in total. The van der Waals surface area contributed by atoms with Crippen molar-refractivity contribution in [2.75, 3.05) is 0 Å². The van der Waals surface area contributed by atoms with Crippen molar-refractivity contribution in [2.24, 2.45) is 5.73 Å². The van der Waals surface area contributed by atoms with Crippen molar-refractivity contribution in [1.82, 2.24) is 4.98 Å². The number of nitrogens with one attached hydrogen (secondary N) is 1. The molecule has 0 spiro atoms. The van der Waals surface area contributed by atoms with Gasteiger partial charge < -0.3 is 15.8 Å². The van der Waals surface area contributed by atoms with Crippen molar-refractivity contribution in [3.05, 3.63) is 53.9 Å². The number of aromatic nitrogens is 1. The predicted molar refractivity (Wildman–Crippen MR) is 54.9 cm³/mol. The van der Waals surface area contributed by atoms with Gasteiger partial charge in [0.25, 0.3) is 0 Å². The van der Waals surface area contributed by atoms with Crippen LogP contribution in [0.25, 0.3) is 0 Å². The van der Waals surface area contributed by atoms with Gasteiger partial charge in [-0.2, -0.15) is 0 Å². The Bertz CT molecular complexity index is 409. The van der Waals surface area contributed by atoms with Crippen molar-refractivity contribution in [3.63, 3.8) is 0 Å². The molecule has 0 saturated carbocycles. The summed E-state index contributed by atoms with van der Waals surface area (Å²) in [6, 6.07) is 10.6. The molecule has 4 N–H and O–H groups in total. The van der Waals surface area contributed by atoms with Crippen LogP contribution in [0.5, 0.6) is 5.75 Å². The van der Waals surface area contributed by atoms with Crippen LogP contribution in [-0.4, -0.2) is 10.1 Å². The third-order valence-electron chi connectivity index (χ3n) is 2.19. The van der Waals surface area contributed by atoms with Crippen LogP contribution in [0.15, 0.2) is 42.6 Å². The summed E-state index contributed by atoms with van der Waals surface area (Å²) in [5.74, 6) is 0.240. The molecule has 2 aromatic rings. The molecule has 0 aliphatic rings. The molecule has 0 saturated heterocycles. The Kier molecular flexibility index (Phi) is 2.24. The first-order valence-electron chi connectivity index (χ1n) is 4.45. The number of H-pyrrole nitrogens is 1. The highest BCUT2D eigenvalue weighted by Gasteiger charge is 2.09. The second kappa shape index (κ2) is 3.55. The molecule has 0 bridgehead atoms. The van der Waals surface area contributed by atoms with E-state index in [-0.39, 0.29) is 11.8 Å². The quantitative estimate of drug-likeness (QED) is 0.672. The highest BCUT2D eigenvalue weighted by molar-refractivity contribution is 5.33. The Morgan fingerprint density at radius 3 is 2.71 bits per heavy atom. The normalized spacial score (nSPS) is 12.6. The van der Waals surface area contributed by atoms with Crippen LogP contribution in [0.1, 0.15) is 17.3 Å². The maximum absolute atomic E-state index is 9.29. The van der Waals surface area contributed by atoms with Crippen LogP contribution >= 0.6 is 0 Å². The number of hydrogen-bond acceptors (Lipinski definition) is 2. The fourth-order valence-corrected chi connectivity index (χ4v) is 1.44. The molecule has 0 radical (unpaired) electrons. The molecule has 1 heterocycles. The van der Waals surface area contributed by atoms with Crippen LogP contribution < -0.4 is 5.73 Å². The van der Waals surface area contributed by atoms with Gasteiger partial charge in [-0.1, -0.05) is 12.1 Å². The first kappa shape index (κ1) is 8.84. The summed E-state index contributed by atoms with van der Waals surface area (Å²) in [7, 11) is 0. The maximum atomic E-state index is 9.29. The number of phenols is 1. The van der Waals surface area contributed by atoms with Crippen molar-refractivity contribution in [3.8, 4) is 5.75 Å². The standard InChI is InChI=1S/C11H12N2O/c12-11(10-5-2-6-13-10)8-3-1-4-9(14)7-8/h1-7,11,13-14H,12H2. The van der Waals surface area contributed by atoms with Crippen LogP contribution in [0.3, 0.4) is 0 Å². The Hall–Kier alpha value is -1.74. The summed E-state index contributed by atoms with van der Waals surface area (Å²) in [6.07, 6.45) is 1.83. The van der Waals surface area contributed by atoms with E-state index in [1.165, 1.54) is 0 Å². The fourth-order valence-electron chi connectivity index (χ4n) is 1.44. The van der Waals surface area contributed by atoms with Crippen LogP contribution in [-0.2, 0) is 0 Å². The predicted octanol–water partition coefficient (Wildman–Crippen LogP) is 1.77. The lowest BCUT2D eigenvalue weighted by atomic mass is 10.0. The van der Waals surface area contributed by atoms with Gasteiger partial charge in [-0.05, 0) is 29.8 Å². The molecule has 72 valence electrons. The van der Waals surface area contributed by atoms with Gasteiger partial charge >= 0.3 is 0 Å². The minimum atomic E-state index is -0.211. The molecular formula is C11H12N2O. The Morgan fingerprint density at radius 1 is 1.21 bits per heavy atom. The highest BCUT2D eigenvalue weighted by Crippen LogP contribution is 2.21. The number of rotatable bonds is 2. The van der Waals surface area contributed by atoms with Gasteiger partial charge in [0.2, 0.25) is 0 Å². The molecule has 14 heavy (non-hydrogen) atoms. The minimum absolute atomic E-state index is 0.211. The van der Waals surface area contributed by atoms with Gasteiger partial charge in [0.05, 0.1) is 6.04 Å². The fraction of sp³-hybridized carbons (Fsp3) is 0.0909. The van der Waals surface area contributed by atoms with Crippen LogP contribution in [0.4, 0.5) is 0 Å². The largest absolute Gasteiger partial charge is 0.508 e. The summed E-state index contributed by atoms with van der Waals surface area (Å²) in [5.41, 5.74) is 7.82. The zero-order valence-electron chi connectivity index (χ0n) is 7.64. The van der Waals surface area contributed by atoms with Crippen LogP contribution in [0, 0.1) is 0 Å². The monoisotopic (exact) mass is 188 g/mol. The average molecular weight is 188 g/mol. The number of nitrogens with two attached hydrogens (primary N) is 1. The molecule has 1 atom stereocenters. The van der Waals surface area contributed by atoms with E-state index in [0.717, 1.165) is 11.3 Å². The van der Waals surface area contributed by atoms with Gasteiger partial charge in [0.1, 0.15) is 5.75 Å². The molecule has 1 unspecified atom stereocenters. The topological polar surface area (TPSA) is 62.0 Å². The summed E-state index contributed by atoms with van der Waals surface area (Å²) < 4.78 is 0. The summed E-state index contributed by atoms with van der Waals surface area (Å²) >= 11 is 0. The molecular weight excluding hydrogens is 176 g/mol. The molecule has 0 fully saturated rings. The minimum Gasteiger partial charge on any atom is -0.508 e. The van der Waals surface area contributed by atoms with E-state index < -0.39 is 0 Å². The smallest absolute Gasteiger partial charge is 0.115 e. The average Bonchev–Trinajstić information content (AvgIpc) is 2.69. The molecule has 3 heteroatoms. The zero-order chi connectivity index (χ0) is 9.97. The summed E-state index contributed by atoms with van der Waals surface area (Å²) in [4.78, 5) is 3.05. The van der Waals surface area contributed by atoms with Gasteiger partial charge in [0.15, 0.2) is 0 Å². The lowest BCUT2D eigenvalue weighted by molar-refractivity contribution is 0.474. The summed E-state index contributed by atoms with van der Waals surface area (Å²) in [6.45, 7) is 0. The highest BCUT2D eigenvalue weighted by atomic mass is 16.3.